The maximum Gasteiger partial charge on any atom is 0.130 e. The number of hydrogen-bond acceptors (Lipinski definition) is 6. The highest BCUT2D eigenvalue weighted by atomic mass is 32.2. The lowest BCUT2D eigenvalue weighted by Gasteiger charge is -2.35. The monoisotopic (exact) mass is 536 g/mol. The number of aliphatic hydroxyl groups excluding tert-OH is 3. The summed E-state index contributed by atoms with van der Waals surface area (Å²) in [5, 5.41) is 29.7. The molecule has 1 atom stereocenters. The first-order valence-corrected chi connectivity index (χ1v) is 16.9. The Morgan fingerprint density at radius 3 is 1.23 bits per heavy atom. The van der Waals surface area contributed by atoms with E-state index < -0.39 is 10.9 Å². The van der Waals surface area contributed by atoms with Crippen molar-refractivity contribution >= 4 is 23.8 Å². The van der Waals surface area contributed by atoms with E-state index in [1.165, 1.54) is 128 Å². The molecule has 0 amide bonds. The van der Waals surface area contributed by atoms with Gasteiger partial charge < -0.3 is 19.5 Å². The van der Waals surface area contributed by atoms with Gasteiger partial charge in [-0.2, -0.15) is 0 Å². The Morgan fingerprint density at radius 2 is 0.857 bits per heavy atom. The fourth-order valence-electron chi connectivity index (χ4n) is 4.22. The van der Waals surface area contributed by atoms with Crippen molar-refractivity contribution in [3.05, 3.63) is 0 Å². The van der Waals surface area contributed by atoms with E-state index in [1.807, 2.05) is 0 Å². The summed E-state index contributed by atoms with van der Waals surface area (Å²) in [5.74, 6) is 1.85. The van der Waals surface area contributed by atoms with Crippen LogP contribution in [0.2, 0.25) is 0 Å². The van der Waals surface area contributed by atoms with Crippen LogP contribution < -0.4 is 0 Å². The van der Waals surface area contributed by atoms with Crippen molar-refractivity contribution in [2.24, 2.45) is 5.41 Å². The van der Waals surface area contributed by atoms with Gasteiger partial charge in [-0.15, -0.1) is 11.8 Å². The Balaban J connectivity index is 3.98. The molecule has 4 nitrogen and oxygen atoms in total. The van der Waals surface area contributed by atoms with Gasteiger partial charge in [-0.25, -0.2) is 0 Å². The van der Waals surface area contributed by atoms with Gasteiger partial charge in [0.25, 0.3) is 0 Å². The molecule has 0 radical (unpaired) electrons. The van der Waals surface area contributed by atoms with Crippen LogP contribution >= 0.6 is 23.8 Å². The number of rotatable bonds is 29. The first kappa shape index (κ1) is 35.5. The van der Waals surface area contributed by atoms with Gasteiger partial charge in [-0.3, -0.25) is 0 Å². The van der Waals surface area contributed by atoms with E-state index >= 15 is 0 Å². The van der Waals surface area contributed by atoms with Crippen molar-refractivity contribution in [3.8, 4) is 0 Å². The van der Waals surface area contributed by atoms with Gasteiger partial charge in [0.2, 0.25) is 0 Å². The van der Waals surface area contributed by atoms with E-state index in [9.17, 15) is 15.3 Å². The van der Waals surface area contributed by atoms with Crippen LogP contribution in [0.4, 0.5) is 0 Å². The lowest BCUT2D eigenvalue weighted by molar-refractivity contribution is -0.0341. The molecule has 0 spiro atoms. The Bertz CT molecular complexity index is 400. The summed E-state index contributed by atoms with van der Waals surface area (Å²) in [7, 11) is 0. The summed E-state index contributed by atoms with van der Waals surface area (Å²) in [6.07, 6.45) is 26.3. The van der Waals surface area contributed by atoms with Crippen LogP contribution in [0.1, 0.15) is 142 Å². The van der Waals surface area contributed by atoms with Gasteiger partial charge in [-0.1, -0.05) is 129 Å². The van der Waals surface area contributed by atoms with Crippen molar-refractivity contribution in [2.75, 3.05) is 31.3 Å². The fraction of sp³-hybridized carbons (Fsp3) is 1.00. The summed E-state index contributed by atoms with van der Waals surface area (Å²) < 4.78 is 6.05. The first-order chi connectivity index (χ1) is 17.2. The lowest BCUT2D eigenvalue weighted by Crippen LogP contribution is -2.44. The van der Waals surface area contributed by atoms with Crippen LogP contribution in [0, 0.1) is 5.41 Å². The molecule has 0 heterocycles. The third kappa shape index (κ3) is 20.2. The van der Waals surface area contributed by atoms with Gasteiger partial charge in [0.15, 0.2) is 0 Å². The van der Waals surface area contributed by atoms with Crippen LogP contribution in [0.3, 0.4) is 0 Å². The smallest absolute Gasteiger partial charge is 0.130 e. The van der Waals surface area contributed by atoms with Crippen LogP contribution in [-0.2, 0) is 4.18 Å². The molecule has 0 rings (SSSR count). The Labute approximate surface area is 227 Å². The Hall–Kier alpha value is 0.540. The minimum atomic E-state index is -0.992. The van der Waals surface area contributed by atoms with Crippen LogP contribution in [-0.4, -0.2) is 52.1 Å². The molecule has 0 aromatic carbocycles. The molecule has 0 aliphatic rings. The molecule has 0 aromatic rings. The maximum atomic E-state index is 9.89. The summed E-state index contributed by atoms with van der Waals surface area (Å²) in [4.78, 5) is 0. The highest BCUT2D eigenvalue weighted by molar-refractivity contribution is 8.01. The minimum absolute atomic E-state index is 0.269. The lowest BCUT2D eigenvalue weighted by atomic mass is 9.92. The Kier molecular flexibility index (Phi) is 28.0. The zero-order chi connectivity index (χ0) is 25.9. The van der Waals surface area contributed by atoms with Gasteiger partial charge >= 0.3 is 0 Å². The van der Waals surface area contributed by atoms with E-state index in [0.717, 1.165) is 24.3 Å². The number of hydrogen-bond donors (Lipinski definition) is 3. The average molecular weight is 537 g/mol. The highest BCUT2D eigenvalue weighted by Gasteiger charge is 2.39. The number of aliphatic hydroxyl groups is 3. The van der Waals surface area contributed by atoms with Gasteiger partial charge in [0.1, 0.15) is 5.44 Å². The Morgan fingerprint density at radius 1 is 0.514 bits per heavy atom. The molecule has 1 unspecified atom stereocenters. The molecule has 0 saturated carbocycles. The molecule has 0 fully saturated rings. The van der Waals surface area contributed by atoms with Crippen molar-refractivity contribution in [2.45, 2.75) is 148 Å². The van der Waals surface area contributed by atoms with E-state index in [0.29, 0.717) is 0 Å². The van der Waals surface area contributed by atoms with E-state index in [-0.39, 0.29) is 19.8 Å². The molecular weight excluding hydrogens is 476 g/mol. The molecule has 212 valence electrons. The third-order valence-electron chi connectivity index (χ3n) is 6.95. The first-order valence-electron chi connectivity index (χ1n) is 14.9. The zero-order valence-electron chi connectivity index (χ0n) is 23.3. The van der Waals surface area contributed by atoms with E-state index in [4.69, 9.17) is 4.18 Å². The van der Waals surface area contributed by atoms with Crippen molar-refractivity contribution in [1.29, 1.82) is 0 Å². The molecule has 35 heavy (non-hydrogen) atoms. The summed E-state index contributed by atoms with van der Waals surface area (Å²) in [6, 6.07) is 0. The van der Waals surface area contributed by atoms with Crippen LogP contribution in [0.25, 0.3) is 0 Å². The molecule has 0 aliphatic heterocycles. The molecule has 6 heteroatoms. The van der Waals surface area contributed by atoms with Gasteiger partial charge in [0.05, 0.1) is 25.2 Å². The third-order valence-corrected chi connectivity index (χ3v) is 9.28. The predicted molar refractivity (Wildman–Crippen MR) is 157 cm³/mol. The molecule has 0 aliphatic carbocycles. The predicted octanol–water partition coefficient (Wildman–Crippen LogP) is 8.52. The van der Waals surface area contributed by atoms with Crippen molar-refractivity contribution < 1.29 is 19.5 Å². The van der Waals surface area contributed by atoms with Gasteiger partial charge in [-0.05, 0) is 30.6 Å². The van der Waals surface area contributed by atoms with Crippen LogP contribution in [0.15, 0.2) is 0 Å². The quantitative estimate of drug-likeness (QED) is 0.0505. The second kappa shape index (κ2) is 27.6. The SMILES string of the molecule is CCCCCCCCCCCCSOC(SCCCCCCCCCCCC)C(CO)(CO)CO. The second-order valence-corrected chi connectivity index (χ2v) is 12.3. The molecular formula is C29H60O4S2. The largest absolute Gasteiger partial charge is 0.395 e. The maximum absolute atomic E-state index is 9.89. The van der Waals surface area contributed by atoms with Gasteiger partial charge in [0, 0.05) is 5.75 Å². The molecule has 0 saturated heterocycles. The minimum Gasteiger partial charge on any atom is -0.395 e. The normalized spacial score (nSPS) is 12.9. The topological polar surface area (TPSA) is 69.9 Å². The molecule has 0 aromatic heterocycles. The molecule has 3 N–H and O–H groups in total. The fourth-order valence-corrected chi connectivity index (χ4v) is 6.52. The summed E-state index contributed by atoms with van der Waals surface area (Å²) in [6.45, 7) is 3.72. The number of unbranched alkanes of at least 4 members (excludes halogenated alkanes) is 18. The summed E-state index contributed by atoms with van der Waals surface area (Å²) >= 11 is 3.08. The van der Waals surface area contributed by atoms with E-state index in [2.05, 4.69) is 13.8 Å². The van der Waals surface area contributed by atoms with Crippen molar-refractivity contribution in [1.82, 2.24) is 0 Å². The second-order valence-electron chi connectivity index (χ2n) is 10.3. The average Bonchev–Trinajstić information content (AvgIpc) is 2.88. The van der Waals surface area contributed by atoms with E-state index in [1.54, 1.807) is 11.8 Å². The standard InChI is InChI=1S/C29H60O4S2/c1-3-5-7-9-11-13-15-17-19-21-23-34-28(29(25-30,26-31)27-32)33-35-24-22-20-18-16-14-12-10-8-6-4-2/h28,30-32H,3-27H2,1-2H3. The van der Waals surface area contributed by atoms with Crippen LogP contribution in [0.5, 0.6) is 0 Å². The molecule has 0 bridgehead atoms. The van der Waals surface area contributed by atoms with Crippen molar-refractivity contribution in [3.63, 3.8) is 0 Å². The number of thioether (sulfide) groups is 1. The zero-order valence-corrected chi connectivity index (χ0v) is 25.0. The highest BCUT2D eigenvalue weighted by Crippen LogP contribution is 2.35. The summed E-state index contributed by atoms with van der Waals surface area (Å²) in [5.41, 5.74) is -1.39.